The van der Waals surface area contributed by atoms with Crippen molar-refractivity contribution in [3.05, 3.63) is 41.8 Å². The van der Waals surface area contributed by atoms with Gasteiger partial charge in [-0.05, 0) is 30.7 Å². The Morgan fingerprint density at radius 1 is 1.31 bits per heavy atom. The first-order valence-corrected chi connectivity index (χ1v) is 5.30. The van der Waals surface area contributed by atoms with Gasteiger partial charge in [0.2, 0.25) is 0 Å². The highest BCUT2D eigenvalue weighted by atomic mass is 19.1. The average molecular weight is 217 g/mol. The van der Waals surface area contributed by atoms with Crippen LogP contribution in [-0.4, -0.2) is 16.2 Å². The molecular formula is C12H12FN3. The third-order valence-electron chi connectivity index (χ3n) is 3.04. The molecule has 1 aliphatic carbocycles. The molecule has 2 aromatic rings. The molecule has 3 nitrogen and oxygen atoms in total. The predicted octanol–water partition coefficient (Wildman–Crippen LogP) is 2.03. The van der Waals surface area contributed by atoms with Crippen LogP contribution in [0.5, 0.6) is 0 Å². The summed E-state index contributed by atoms with van der Waals surface area (Å²) in [5.74, 6) is 0.173. The molecule has 1 aliphatic rings. The Bertz CT molecular complexity index is 503. The Morgan fingerprint density at radius 3 is 2.62 bits per heavy atom. The Balaban J connectivity index is 2.00. The third-order valence-corrected chi connectivity index (χ3v) is 3.04. The van der Waals surface area contributed by atoms with Crippen molar-refractivity contribution in [1.82, 2.24) is 10.2 Å². The summed E-state index contributed by atoms with van der Waals surface area (Å²) in [5, 5.41) is 7.00. The van der Waals surface area contributed by atoms with Gasteiger partial charge in [0, 0.05) is 23.1 Å². The van der Waals surface area contributed by atoms with Gasteiger partial charge in [-0.25, -0.2) is 4.39 Å². The van der Waals surface area contributed by atoms with Crippen molar-refractivity contribution in [2.45, 2.75) is 18.4 Å². The summed E-state index contributed by atoms with van der Waals surface area (Å²) in [5.41, 5.74) is 8.87. The molecule has 2 atom stereocenters. The molecule has 1 aromatic heterocycles. The lowest BCUT2D eigenvalue weighted by molar-refractivity contribution is 0.628. The summed E-state index contributed by atoms with van der Waals surface area (Å²) >= 11 is 0. The number of nitrogens with one attached hydrogen (secondary N) is 1. The highest BCUT2D eigenvalue weighted by Crippen LogP contribution is 2.42. The van der Waals surface area contributed by atoms with Crippen LogP contribution in [0.1, 0.15) is 17.9 Å². The van der Waals surface area contributed by atoms with Gasteiger partial charge in [0.05, 0.1) is 11.9 Å². The van der Waals surface area contributed by atoms with E-state index in [1.807, 2.05) is 6.20 Å². The topological polar surface area (TPSA) is 54.7 Å². The molecule has 0 amide bonds. The third kappa shape index (κ3) is 1.51. The summed E-state index contributed by atoms with van der Waals surface area (Å²) in [7, 11) is 0. The minimum absolute atomic E-state index is 0.229. The Kier molecular flexibility index (Phi) is 2.04. The Hall–Kier alpha value is -1.68. The normalized spacial score (nSPS) is 23.4. The van der Waals surface area contributed by atoms with Crippen molar-refractivity contribution in [2.75, 3.05) is 0 Å². The molecule has 1 aromatic carbocycles. The van der Waals surface area contributed by atoms with Crippen molar-refractivity contribution in [3.63, 3.8) is 0 Å². The quantitative estimate of drug-likeness (QED) is 0.808. The van der Waals surface area contributed by atoms with Crippen LogP contribution in [0.25, 0.3) is 11.3 Å². The molecule has 3 rings (SSSR count). The van der Waals surface area contributed by atoms with Gasteiger partial charge in [0.15, 0.2) is 0 Å². The fourth-order valence-corrected chi connectivity index (χ4v) is 2.00. The minimum atomic E-state index is -0.229. The number of aromatic nitrogens is 2. The second-order valence-corrected chi connectivity index (χ2v) is 4.21. The van der Waals surface area contributed by atoms with E-state index in [-0.39, 0.29) is 11.9 Å². The monoisotopic (exact) mass is 217 g/mol. The summed E-state index contributed by atoms with van der Waals surface area (Å²) in [6, 6.07) is 6.65. The van der Waals surface area contributed by atoms with E-state index in [4.69, 9.17) is 5.73 Å². The van der Waals surface area contributed by atoms with E-state index in [9.17, 15) is 4.39 Å². The number of benzene rings is 1. The van der Waals surface area contributed by atoms with Crippen molar-refractivity contribution in [3.8, 4) is 11.3 Å². The zero-order valence-electron chi connectivity index (χ0n) is 8.65. The zero-order valence-corrected chi connectivity index (χ0v) is 8.65. The first-order chi connectivity index (χ1) is 7.75. The Morgan fingerprint density at radius 2 is 2.00 bits per heavy atom. The smallest absolute Gasteiger partial charge is 0.123 e. The fraction of sp³-hybridized carbons (Fsp3) is 0.250. The molecule has 0 saturated heterocycles. The van der Waals surface area contributed by atoms with Crippen LogP contribution in [0.2, 0.25) is 0 Å². The number of H-pyrrole nitrogens is 1. The van der Waals surface area contributed by atoms with Crippen LogP contribution in [0.3, 0.4) is 0 Å². The molecule has 16 heavy (non-hydrogen) atoms. The molecule has 4 heteroatoms. The molecule has 1 saturated carbocycles. The van der Waals surface area contributed by atoms with Crippen molar-refractivity contribution in [2.24, 2.45) is 5.73 Å². The standard InChI is InChI=1S/C12H12FN3/c13-8-3-1-7(2-4-8)12-10(6-15-16-12)9-5-11(9)14/h1-4,6,9,11H,5,14H2,(H,15,16)/t9-,11+/m0/s1. The fourth-order valence-electron chi connectivity index (χ4n) is 2.00. The van der Waals surface area contributed by atoms with Crippen molar-refractivity contribution >= 4 is 0 Å². The lowest BCUT2D eigenvalue weighted by atomic mass is 10.1. The summed E-state index contributed by atoms with van der Waals surface area (Å²) in [4.78, 5) is 0. The van der Waals surface area contributed by atoms with Gasteiger partial charge in [-0.3, -0.25) is 5.10 Å². The van der Waals surface area contributed by atoms with Gasteiger partial charge in [0.25, 0.3) is 0 Å². The second kappa shape index (κ2) is 3.42. The van der Waals surface area contributed by atoms with E-state index in [2.05, 4.69) is 10.2 Å². The highest BCUT2D eigenvalue weighted by Gasteiger charge is 2.37. The van der Waals surface area contributed by atoms with Gasteiger partial charge in [0.1, 0.15) is 5.82 Å². The summed E-state index contributed by atoms with van der Waals surface area (Å²) < 4.78 is 12.8. The van der Waals surface area contributed by atoms with E-state index in [0.29, 0.717) is 5.92 Å². The van der Waals surface area contributed by atoms with E-state index >= 15 is 0 Å². The van der Waals surface area contributed by atoms with Crippen LogP contribution in [0.15, 0.2) is 30.5 Å². The molecule has 0 radical (unpaired) electrons. The lowest BCUT2D eigenvalue weighted by Crippen LogP contribution is -2.01. The number of aromatic amines is 1. The molecule has 0 bridgehead atoms. The van der Waals surface area contributed by atoms with Crippen molar-refractivity contribution in [1.29, 1.82) is 0 Å². The van der Waals surface area contributed by atoms with E-state index in [1.54, 1.807) is 12.1 Å². The number of rotatable bonds is 2. The summed E-state index contributed by atoms with van der Waals surface area (Å²) in [6.07, 6.45) is 2.82. The maximum Gasteiger partial charge on any atom is 0.123 e. The number of hydrogen-bond acceptors (Lipinski definition) is 2. The molecule has 1 fully saturated rings. The van der Waals surface area contributed by atoms with Gasteiger partial charge in [-0.1, -0.05) is 0 Å². The second-order valence-electron chi connectivity index (χ2n) is 4.21. The van der Waals surface area contributed by atoms with Gasteiger partial charge in [-0.2, -0.15) is 5.10 Å². The van der Waals surface area contributed by atoms with Crippen molar-refractivity contribution < 1.29 is 4.39 Å². The van der Waals surface area contributed by atoms with Gasteiger partial charge < -0.3 is 5.73 Å². The lowest BCUT2D eigenvalue weighted by Gasteiger charge is -2.01. The van der Waals surface area contributed by atoms with E-state index in [1.165, 1.54) is 12.1 Å². The molecular weight excluding hydrogens is 205 g/mol. The van der Waals surface area contributed by atoms with Gasteiger partial charge >= 0.3 is 0 Å². The highest BCUT2D eigenvalue weighted by molar-refractivity contribution is 5.64. The van der Waals surface area contributed by atoms with Crippen LogP contribution in [0.4, 0.5) is 4.39 Å². The average Bonchev–Trinajstić information content (AvgIpc) is 2.82. The molecule has 3 N–H and O–H groups in total. The first-order valence-electron chi connectivity index (χ1n) is 5.30. The number of nitrogens with two attached hydrogens (primary N) is 1. The van der Waals surface area contributed by atoms with Crippen LogP contribution in [-0.2, 0) is 0 Å². The number of hydrogen-bond donors (Lipinski definition) is 2. The number of nitrogens with zero attached hydrogens (tertiary/aromatic N) is 1. The number of halogens is 1. The maximum absolute atomic E-state index is 12.8. The molecule has 0 aliphatic heterocycles. The SMILES string of the molecule is N[C@@H]1C[C@H]1c1cn[nH]c1-c1ccc(F)cc1. The Labute approximate surface area is 92.5 Å². The molecule has 82 valence electrons. The van der Waals surface area contributed by atoms with Crippen LogP contribution < -0.4 is 5.73 Å². The maximum atomic E-state index is 12.8. The van der Waals surface area contributed by atoms with Gasteiger partial charge in [-0.15, -0.1) is 0 Å². The van der Waals surface area contributed by atoms with E-state index in [0.717, 1.165) is 23.2 Å². The summed E-state index contributed by atoms with van der Waals surface area (Å²) in [6.45, 7) is 0. The first kappa shape index (κ1) is 9.54. The molecule has 0 spiro atoms. The van der Waals surface area contributed by atoms with E-state index < -0.39 is 0 Å². The molecule has 0 unspecified atom stereocenters. The largest absolute Gasteiger partial charge is 0.327 e. The minimum Gasteiger partial charge on any atom is -0.327 e. The predicted molar refractivity (Wildman–Crippen MR) is 59.3 cm³/mol. The zero-order chi connectivity index (χ0) is 11.1. The molecule has 1 heterocycles. The van der Waals surface area contributed by atoms with Crippen LogP contribution >= 0.6 is 0 Å². The van der Waals surface area contributed by atoms with Crippen LogP contribution in [0, 0.1) is 5.82 Å².